The van der Waals surface area contributed by atoms with Crippen LogP contribution in [0.1, 0.15) is 24.3 Å². The third-order valence-electron chi connectivity index (χ3n) is 3.40. The van der Waals surface area contributed by atoms with Crippen LogP contribution in [0, 0.1) is 0 Å². The number of aromatic nitrogens is 4. The maximum atomic E-state index is 11.6. The lowest BCUT2D eigenvalue weighted by molar-refractivity contribution is 0.0995. The van der Waals surface area contributed by atoms with E-state index in [9.17, 15) is 4.79 Å². The van der Waals surface area contributed by atoms with Crippen LogP contribution in [-0.2, 0) is 0 Å². The largest absolute Gasteiger partial charge is 0.480 e. The molecule has 0 saturated carbocycles. The summed E-state index contributed by atoms with van der Waals surface area (Å²) in [5, 5.41) is 0. The van der Waals surface area contributed by atoms with Crippen molar-refractivity contribution in [2.75, 3.05) is 32.2 Å². The van der Waals surface area contributed by atoms with Gasteiger partial charge in [0, 0.05) is 19.3 Å². The smallest absolute Gasteiger partial charge is 0.319 e. The van der Waals surface area contributed by atoms with Crippen molar-refractivity contribution in [2.24, 2.45) is 5.73 Å². The summed E-state index contributed by atoms with van der Waals surface area (Å²) in [6.45, 7) is 5.32. The standard InChI is InChI=1S/C15H20N6O3/c1-5-21(6-2)14-18-10(7-11(19-14)12(16)22)9-8-17-15(24-4)20-13(9)23-3/h7-8H,5-6H2,1-4H3,(H2,16,22). The average molecular weight is 332 g/mol. The highest BCUT2D eigenvalue weighted by atomic mass is 16.5. The lowest BCUT2D eigenvalue weighted by Crippen LogP contribution is -2.26. The molecule has 0 spiro atoms. The fourth-order valence-corrected chi connectivity index (χ4v) is 2.13. The second-order valence-electron chi connectivity index (χ2n) is 4.75. The number of hydrogen-bond acceptors (Lipinski definition) is 8. The van der Waals surface area contributed by atoms with Gasteiger partial charge < -0.3 is 20.1 Å². The van der Waals surface area contributed by atoms with Gasteiger partial charge in [0.05, 0.1) is 25.5 Å². The van der Waals surface area contributed by atoms with Crippen molar-refractivity contribution >= 4 is 11.9 Å². The first-order chi connectivity index (χ1) is 11.5. The molecule has 0 unspecified atom stereocenters. The third kappa shape index (κ3) is 3.50. The molecule has 1 amide bonds. The Balaban J connectivity index is 2.63. The van der Waals surface area contributed by atoms with E-state index in [2.05, 4.69) is 19.9 Å². The van der Waals surface area contributed by atoms with Crippen molar-refractivity contribution in [2.45, 2.75) is 13.8 Å². The van der Waals surface area contributed by atoms with E-state index < -0.39 is 5.91 Å². The molecule has 2 rings (SSSR count). The first-order valence-electron chi connectivity index (χ1n) is 7.43. The number of primary amides is 1. The van der Waals surface area contributed by atoms with E-state index >= 15 is 0 Å². The van der Waals surface area contributed by atoms with Gasteiger partial charge in [-0.2, -0.15) is 4.98 Å². The second kappa shape index (κ2) is 7.53. The highest BCUT2D eigenvalue weighted by Gasteiger charge is 2.18. The molecule has 0 fully saturated rings. The molecule has 2 aromatic rings. The number of ether oxygens (including phenoxy) is 2. The molecule has 0 radical (unpaired) electrons. The zero-order valence-electron chi connectivity index (χ0n) is 14.1. The summed E-state index contributed by atoms with van der Waals surface area (Å²) in [5.41, 5.74) is 6.46. The molecule has 0 saturated heterocycles. The van der Waals surface area contributed by atoms with E-state index in [-0.39, 0.29) is 17.6 Å². The minimum Gasteiger partial charge on any atom is -0.480 e. The molecular weight excluding hydrogens is 312 g/mol. The van der Waals surface area contributed by atoms with Gasteiger partial charge in [0.1, 0.15) is 5.69 Å². The van der Waals surface area contributed by atoms with Crippen LogP contribution < -0.4 is 20.1 Å². The number of nitrogens with zero attached hydrogens (tertiary/aromatic N) is 5. The van der Waals surface area contributed by atoms with Gasteiger partial charge in [0.2, 0.25) is 11.8 Å². The van der Waals surface area contributed by atoms with Gasteiger partial charge in [-0.3, -0.25) is 4.79 Å². The predicted octanol–water partition coefficient (Wildman–Crippen LogP) is 0.896. The van der Waals surface area contributed by atoms with Gasteiger partial charge >= 0.3 is 6.01 Å². The number of amides is 1. The Morgan fingerprint density at radius 2 is 1.88 bits per heavy atom. The van der Waals surface area contributed by atoms with E-state index in [1.54, 1.807) is 0 Å². The van der Waals surface area contributed by atoms with Crippen molar-refractivity contribution in [1.82, 2.24) is 19.9 Å². The Hall–Kier alpha value is -2.97. The molecule has 9 heteroatoms. The quantitative estimate of drug-likeness (QED) is 0.794. The van der Waals surface area contributed by atoms with Crippen LogP contribution in [0.5, 0.6) is 11.9 Å². The third-order valence-corrected chi connectivity index (χ3v) is 3.40. The number of carbonyl (C=O) groups excluding carboxylic acids is 1. The Labute approximate surface area is 139 Å². The lowest BCUT2D eigenvalue weighted by atomic mass is 10.2. The van der Waals surface area contributed by atoms with Crippen molar-refractivity contribution in [3.05, 3.63) is 18.0 Å². The van der Waals surface area contributed by atoms with Gasteiger partial charge in [-0.15, -0.1) is 0 Å². The van der Waals surface area contributed by atoms with Gasteiger partial charge in [-0.05, 0) is 19.9 Å². The van der Waals surface area contributed by atoms with E-state index in [0.717, 1.165) is 0 Å². The summed E-state index contributed by atoms with van der Waals surface area (Å²) in [7, 11) is 2.94. The minimum atomic E-state index is -0.638. The van der Waals surface area contributed by atoms with Crippen LogP contribution in [-0.4, -0.2) is 53.2 Å². The molecule has 0 aliphatic carbocycles. The average Bonchev–Trinajstić information content (AvgIpc) is 2.61. The number of carbonyl (C=O) groups is 1. The molecule has 0 aliphatic heterocycles. The molecule has 128 valence electrons. The van der Waals surface area contributed by atoms with Gasteiger partial charge in [-0.25, -0.2) is 15.0 Å². The van der Waals surface area contributed by atoms with Crippen LogP contribution in [0.3, 0.4) is 0 Å². The topological polar surface area (TPSA) is 116 Å². The van der Waals surface area contributed by atoms with E-state index in [1.165, 1.54) is 26.5 Å². The summed E-state index contributed by atoms with van der Waals surface area (Å²) in [4.78, 5) is 30.5. The van der Waals surface area contributed by atoms with E-state index in [4.69, 9.17) is 15.2 Å². The monoisotopic (exact) mass is 332 g/mol. The Kier molecular flexibility index (Phi) is 5.46. The zero-order valence-corrected chi connectivity index (χ0v) is 14.1. The fraction of sp³-hybridized carbons (Fsp3) is 0.400. The molecule has 2 heterocycles. The van der Waals surface area contributed by atoms with Crippen molar-refractivity contribution in [3.63, 3.8) is 0 Å². The first-order valence-corrected chi connectivity index (χ1v) is 7.43. The molecule has 9 nitrogen and oxygen atoms in total. The van der Waals surface area contributed by atoms with E-state index in [1.807, 2.05) is 18.7 Å². The molecule has 0 aromatic carbocycles. The van der Waals surface area contributed by atoms with Crippen LogP contribution in [0.25, 0.3) is 11.3 Å². The number of methoxy groups -OCH3 is 2. The van der Waals surface area contributed by atoms with Crippen molar-refractivity contribution in [3.8, 4) is 23.1 Å². The van der Waals surface area contributed by atoms with Crippen molar-refractivity contribution in [1.29, 1.82) is 0 Å². The fourth-order valence-electron chi connectivity index (χ4n) is 2.13. The van der Waals surface area contributed by atoms with Crippen LogP contribution >= 0.6 is 0 Å². The maximum Gasteiger partial charge on any atom is 0.319 e. The number of nitrogens with two attached hydrogens (primary N) is 1. The normalized spacial score (nSPS) is 10.3. The van der Waals surface area contributed by atoms with Gasteiger partial charge in [-0.1, -0.05) is 0 Å². The molecule has 0 bridgehead atoms. The Bertz CT molecular complexity index is 733. The van der Waals surface area contributed by atoms with Crippen molar-refractivity contribution < 1.29 is 14.3 Å². The highest BCUT2D eigenvalue weighted by Crippen LogP contribution is 2.29. The summed E-state index contributed by atoms with van der Waals surface area (Å²) in [6.07, 6.45) is 1.52. The van der Waals surface area contributed by atoms with Gasteiger partial charge in [0.25, 0.3) is 5.91 Å². The maximum absolute atomic E-state index is 11.6. The number of rotatable bonds is 7. The second-order valence-corrected chi connectivity index (χ2v) is 4.75. The first kappa shape index (κ1) is 17.4. The Morgan fingerprint density at radius 1 is 1.17 bits per heavy atom. The number of anilines is 1. The Morgan fingerprint density at radius 3 is 2.42 bits per heavy atom. The predicted molar refractivity (Wildman–Crippen MR) is 88.2 cm³/mol. The molecule has 24 heavy (non-hydrogen) atoms. The van der Waals surface area contributed by atoms with Crippen LogP contribution in [0.4, 0.5) is 5.95 Å². The molecule has 0 aliphatic rings. The zero-order chi connectivity index (χ0) is 17.7. The molecule has 2 N–H and O–H groups in total. The van der Waals surface area contributed by atoms with Crippen LogP contribution in [0.2, 0.25) is 0 Å². The molecule has 0 atom stereocenters. The summed E-state index contributed by atoms with van der Waals surface area (Å²) in [5.74, 6) is 0.0473. The summed E-state index contributed by atoms with van der Waals surface area (Å²) >= 11 is 0. The lowest BCUT2D eigenvalue weighted by Gasteiger charge is -2.19. The SMILES string of the molecule is CCN(CC)c1nc(C(N)=O)cc(-c2cnc(OC)nc2OC)n1. The number of hydrogen-bond donors (Lipinski definition) is 1. The molecule has 2 aromatic heterocycles. The minimum absolute atomic E-state index is 0.111. The summed E-state index contributed by atoms with van der Waals surface area (Å²) < 4.78 is 10.3. The van der Waals surface area contributed by atoms with Crippen LogP contribution in [0.15, 0.2) is 12.3 Å². The summed E-state index contributed by atoms with van der Waals surface area (Å²) in [6, 6.07) is 1.66. The highest BCUT2D eigenvalue weighted by molar-refractivity contribution is 5.92. The molecular formula is C15H20N6O3. The van der Waals surface area contributed by atoms with E-state index in [0.29, 0.717) is 30.3 Å². The van der Waals surface area contributed by atoms with Gasteiger partial charge in [0.15, 0.2) is 0 Å².